The van der Waals surface area contributed by atoms with Crippen molar-refractivity contribution in [2.24, 2.45) is 5.73 Å². The van der Waals surface area contributed by atoms with E-state index >= 15 is 0 Å². The summed E-state index contributed by atoms with van der Waals surface area (Å²) in [6.45, 7) is 1.00. The van der Waals surface area contributed by atoms with E-state index in [2.05, 4.69) is 24.0 Å². The average molecular weight is 251 g/mol. The van der Waals surface area contributed by atoms with E-state index in [9.17, 15) is 0 Å². The van der Waals surface area contributed by atoms with E-state index in [4.69, 9.17) is 10.5 Å². The lowest BCUT2D eigenvalue weighted by Gasteiger charge is -2.08. The van der Waals surface area contributed by atoms with Gasteiger partial charge in [-0.1, -0.05) is 54.3 Å². The number of para-hydroxylation sites is 1. The molecule has 0 aromatic heterocycles. The van der Waals surface area contributed by atoms with Crippen LogP contribution < -0.4 is 10.5 Å². The first-order valence-electron chi connectivity index (χ1n) is 6.35. The Kier molecular flexibility index (Phi) is 5.04. The molecule has 0 atom stereocenters. The van der Waals surface area contributed by atoms with Gasteiger partial charge >= 0.3 is 0 Å². The first kappa shape index (κ1) is 13.2. The molecule has 0 radical (unpaired) electrons. The van der Waals surface area contributed by atoms with Crippen molar-refractivity contribution in [1.82, 2.24) is 0 Å². The van der Waals surface area contributed by atoms with E-state index in [0.717, 1.165) is 17.7 Å². The van der Waals surface area contributed by atoms with Gasteiger partial charge in [0.1, 0.15) is 5.75 Å². The summed E-state index contributed by atoms with van der Waals surface area (Å²) in [5.74, 6) is 6.69. The van der Waals surface area contributed by atoms with Crippen LogP contribution in [0.3, 0.4) is 0 Å². The maximum atomic E-state index is 5.79. The predicted molar refractivity (Wildman–Crippen MR) is 78.0 cm³/mol. The quantitative estimate of drug-likeness (QED) is 0.848. The van der Waals surface area contributed by atoms with E-state index in [-0.39, 0.29) is 0 Å². The zero-order valence-corrected chi connectivity index (χ0v) is 10.8. The number of rotatable bonds is 4. The SMILES string of the molecule is NCC#Cc1ccccc1OCCc1ccccc1. The fourth-order valence-electron chi connectivity index (χ4n) is 1.77. The molecule has 0 spiro atoms. The largest absolute Gasteiger partial charge is 0.492 e. The summed E-state index contributed by atoms with van der Waals surface area (Å²) in [5, 5.41) is 0. The van der Waals surface area contributed by atoms with Gasteiger partial charge in [-0.2, -0.15) is 0 Å². The molecule has 0 aliphatic heterocycles. The minimum atomic E-state index is 0.359. The van der Waals surface area contributed by atoms with Crippen molar-refractivity contribution < 1.29 is 4.74 Å². The highest BCUT2D eigenvalue weighted by Gasteiger charge is 2.00. The highest BCUT2D eigenvalue weighted by molar-refractivity contribution is 5.46. The fraction of sp³-hybridized carbons (Fsp3) is 0.176. The van der Waals surface area contributed by atoms with Crippen LogP contribution in [0.25, 0.3) is 0 Å². The highest BCUT2D eigenvalue weighted by Crippen LogP contribution is 2.16. The Morgan fingerprint density at radius 3 is 2.47 bits per heavy atom. The lowest BCUT2D eigenvalue weighted by atomic mass is 10.1. The molecule has 0 bridgehead atoms. The van der Waals surface area contributed by atoms with Gasteiger partial charge in [0.15, 0.2) is 0 Å². The third kappa shape index (κ3) is 4.17. The predicted octanol–water partition coefficient (Wildman–Crippen LogP) is 2.62. The molecule has 0 unspecified atom stereocenters. The Bertz CT molecular complexity index is 567. The van der Waals surface area contributed by atoms with Crippen molar-refractivity contribution in [2.45, 2.75) is 6.42 Å². The molecule has 0 heterocycles. The molecule has 2 nitrogen and oxygen atoms in total. The number of ether oxygens (including phenoxy) is 1. The molecule has 0 saturated carbocycles. The van der Waals surface area contributed by atoms with E-state index in [1.807, 2.05) is 42.5 Å². The van der Waals surface area contributed by atoms with Crippen LogP contribution in [0, 0.1) is 11.8 Å². The van der Waals surface area contributed by atoms with Crippen LogP contribution >= 0.6 is 0 Å². The Labute approximate surface area is 114 Å². The van der Waals surface area contributed by atoms with Crippen molar-refractivity contribution in [3.8, 4) is 17.6 Å². The molecule has 0 amide bonds. The molecule has 2 aromatic carbocycles. The van der Waals surface area contributed by atoms with Gasteiger partial charge in [0.05, 0.1) is 18.7 Å². The van der Waals surface area contributed by atoms with Gasteiger partial charge in [-0.15, -0.1) is 0 Å². The second-order valence-corrected chi connectivity index (χ2v) is 4.09. The van der Waals surface area contributed by atoms with Gasteiger partial charge in [0.2, 0.25) is 0 Å². The summed E-state index contributed by atoms with van der Waals surface area (Å²) in [4.78, 5) is 0. The Balaban J connectivity index is 1.96. The van der Waals surface area contributed by atoms with Gasteiger partial charge < -0.3 is 10.5 Å². The molecule has 2 N–H and O–H groups in total. The topological polar surface area (TPSA) is 35.2 Å². The Morgan fingerprint density at radius 1 is 0.947 bits per heavy atom. The highest BCUT2D eigenvalue weighted by atomic mass is 16.5. The molecule has 2 aromatic rings. The molecule has 96 valence electrons. The van der Waals surface area contributed by atoms with Crippen LogP contribution in [0.5, 0.6) is 5.75 Å². The summed E-state index contributed by atoms with van der Waals surface area (Å²) in [7, 11) is 0. The van der Waals surface area contributed by atoms with E-state index in [0.29, 0.717) is 13.2 Å². The lowest BCUT2D eigenvalue weighted by Crippen LogP contribution is -2.02. The molecule has 2 heteroatoms. The number of hydrogen-bond acceptors (Lipinski definition) is 2. The molecule has 0 aliphatic carbocycles. The van der Waals surface area contributed by atoms with Crippen LogP contribution in [-0.2, 0) is 6.42 Å². The standard InChI is InChI=1S/C17H17NO/c18-13-6-10-16-9-4-5-11-17(16)19-14-12-15-7-2-1-3-8-15/h1-5,7-9,11H,12-14,18H2. The smallest absolute Gasteiger partial charge is 0.134 e. The fourth-order valence-corrected chi connectivity index (χ4v) is 1.77. The molecule has 0 fully saturated rings. The maximum Gasteiger partial charge on any atom is 0.134 e. The number of nitrogens with two attached hydrogens (primary N) is 1. The van der Waals surface area contributed by atoms with Gasteiger partial charge in [-0.25, -0.2) is 0 Å². The molecule has 2 rings (SSSR count). The lowest BCUT2D eigenvalue weighted by molar-refractivity contribution is 0.321. The summed E-state index contributed by atoms with van der Waals surface area (Å²) in [6, 6.07) is 18.1. The number of benzene rings is 2. The minimum Gasteiger partial charge on any atom is -0.492 e. The van der Waals surface area contributed by atoms with Crippen LogP contribution in [0.4, 0.5) is 0 Å². The monoisotopic (exact) mass is 251 g/mol. The van der Waals surface area contributed by atoms with Gasteiger partial charge in [-0.05, 0) is 17.7 Å². The Hall–Kier alpha value is -2.24. The van der Waals surface area contributed by atoms with Crippen molar-refractivity contribution in [3.63, 3.8) is 0 Å². The van der Waals surface area contributed by atoms with Gasteiger partial charge in [-0.3, -0.25) is 0 Å². The molecule has 0 saturated heterocycles. The van der Waals surface area contributed by atoms with E-state index in [1.54, 1.807) is 0 Å². The first-order chi connectivity index (χ1) is 9.40. The summed E-state index contributed by atoms with van der Waals surface area (Å²) in [6.07, 6.45) is 0.888. The van der Waals surface area contributed by atoms with Crippen molar-refractivity contribution in [3.05, 3.63) is 65.7 Å². The molecular formula is C17H17NO. The van der Waals surface area contributed by atoms with Gasteiger partial charge in [0, 0.05) is 6.42 Å². The van der Waals surface area contributed by atoms with Crippen molar-refractivity contribution in [2.75, 3.05) is 13.2 Å². The van der Waals surface area contributed by atoms with Crippen LogP contribution in [0.1, 0.15) is 11.1 Å². The second-order valence-electron chi connectivity index (χ2n) is 4.09. The third-order valence-electron chi connectivity index (χ3n) is 2.70. The van der Waals surface area contributed by atoms with Crippen LogP contribution in [-0.4, -0.2) is 13.2 Å². The molecule has 19 heavy (non-hydrogen) atoms. The molecule has 0 aliphatic rings. The minimum absolute atomic E-state index is 0.359. The van der Waals surface area contributed by atoms with Crippen LogP contribution in [0.15, 0.2) is 54.6 Å². The van der Waals surface area contributed by atoms with Crippen molar-refractivity contribution in [1.29, 1.82) is 0 Å². The first-order valence-corrected chi connectivity index (χ1v) is 6.35. The summed E-state index contributed by atoms with van der Waals surface area (Å²) < 4.78 is 5.79. The van der Waals surface area contributed by atoms with E-state index < -0.39 is 0 Å². The number of hydrogen-bond donors (Lipinski definition) is 1. The van der Waals surface area contributed by atoms with Crippen molar-refractivity contribution >= 4 is 0 Å². The average Bonchev–Trinajstić information content (AvgIpc) is 2.47. The van der Waals surface area contributed by atoms with E-state index in [1.165, 1.54) is 5.56 Å². The zero-order chi connectivity index (χ0) is 13.3. The normalized spacial score (nSPS) is 9.53. The van der Waals surface area contributed by atoms with Gasteiger partial charge in [0.25, 0.3) is 0 Å². The second kappa shape index (κ2) is 7.25. The summed E-state index contributed by atoms with van der Waals surface area (Å²) in [5.41, 5.74) is 7.55. The zero-order valence-electron chi connectivity index (χ0n) is 10.8. The maximum absolute atomic E-state index is 5.79. The Morgan fingerprint density at radius 2 is 1.68 bits per heavy atom. The third-order valence-corrected chi connectivity index (χ3v) is 2.70. The molecular weight excluding hydrogens is 234 g/mol. The summed E-state index contributed by atoms with van der Waals surface area (Å²) >= 11 is 0. The van der Waals surface area contributed by atoms with Crippen LogP contribution in [0.2, 0.25) is 0 Å².